The maximum atomic E-state index is 12.6. The van der Waals surface area contributed by atoms with E-state index in [4.69, 9.17) is 9.47 Å². The fourth-order valence-electron chi connectivity index (χ4n) is 3.82. The van der Waals surface area contributed by atoms with Crippen molar-refractivity contribution < 1.29 is 14.3 Å². The van der Waals surface area contributed by atoms with Gasteiger partial charge < -0.3 is 14.4 Å². The molecule has 0 spiro atoms. The van der Waals surface area contributed by atoms with E-state index in [0.29, 0.717) is 24.9 Å². The van der Waals surface area contributed by atoms with Crippen LogP contribution in [0.3, 0.4) is 0 Å². The number of ether oxygens (including phenoxy) is 2. The molecule has 1 saturated heterocycles. The van der Waals surface area contributed by atoms with E-state index in [9.17, 15) is 4.79 Å². The lowest BCUT2D eigenvalue weighted by atomic mass is 10.0. The van der Waals surface area contributed by atoms with Gasteiger partial charge >= 0.3 is 0 Å². The molecule has 1 saturated carbocycles. The minimum absolute atomic E-state index is 0.0896. The van der Waals surface area contributed by atoms with Crippen molar-refractivity contribution in [3.63, 3.8) is 0 Å². The fourth-order valence-corrected chi connectivity index (χ4v) is 3.82. The Kier molecular flexibility index (Phi) is 4.41. The molecule has 20 heavy (non-hydrogen) atoms. The highest BCUT2D eigenvalue weighted by molar-refractivity contribution is 5.77. The van der Waals surface area contributed by atoms with Gasteiger partial charge in [0.05, 0.1) is 18.8 Å². The zero-order chi connectivity index (χ0) is 13.9. The number of hydrogen-bond acceptors (Lipinski definition) is 3. The van der Waals surface area contributed by atoms with Crippen molar-refractivity contribution in [2.75, 3.05) is 19.8 Å². The summed E-state index contributed by atoms with van der Waals surface area (Å²) < 4.78 is 11.6. The van der Waals surface area contributed by atoms with E-state index in [0.717, 1.165) is 38.8 Å². The van der Waals surface area contributed by atoms with Gasteiger partial charge in [-0.1, -0.05) is 12.2 Å². The molecule has 0 aromatic carbocycles. The first kappa shape index (κ1) is 14.1. The zero-order valence-corrected chi connectivity index (χ0v) is 12.3. The average molecular weight is 279 g/mol. The number of carbonyl (C=O) groups excluding carboxylic acids is 1. The third kappa shape index (κ3) is 2.77. The topological polar surface area (TPSA) is 38.8 Å². The van der Waals surface area contributed by atoms with Gasteiger partial charge in [-0.05, 0) is 38.5 Å². The Balaban J connectivity index is 1.61. The van der Waals surface area contributed by atoms with E-state index in [2.05, 4.69) is 17.1 Å². The zero-order valence-electron chi connectivity index (χ0n) is 12.3. The predicted molar refractivity (Wildman–Crippen MR) is 76.4 cm³/mol. The second kappa shape index (κ2) is 6.27. The Bertz CT molecular complexity index is 382. The number of hydrogen-bond donors (Lipinski definition) is 0. The Morgan fingerprint density at radius 2 is 2.30 bits per heavy atom. The van der Waals surface area contributed by atoms with Crippen LogP contribution in [0.25, 0.3) is 0 Å². The number of allylic oxidation sites excluding steroid dienone is 2. The number of amides is 1. The van der Waals surface area contributed by atoms with Crippen molar-refractivity contribution in [2.24, 2.45) is 5.92 Å². The summed E-state index contributed by atoms with van der Waals surface area (Å²) in [6.45, 7) is 4.13. The van der Waals surface area contributed by atoms with Crippen LogP contribution in [0.1, 0.15) is 39.0 Å². The van der Waals surface area contributed by atoms with Gasteiger partial charge in [-0.2, -0.15) is 0 Å². The number of carbonyl (C=O) groups is 1. The predicted octanol–water partition coefficient (Wildman–Crippen LogP) is 2.14. The van der Waals surface area contributed by atoms with E-state index < -0.39 is 0 Å². The normalized spacial score (nSPS) is 36.4. The summed E-state index contributed by atoms with van der Waals surface area (Å²) in [6.07, 6.45) is 9.61. The minimum atomic E-state index is 0.0896. The van der Waals surface area contributed by atoms with E-state index in [-0.39, 0.29) is 18.2 Å². The van der Waals surface area contributed by atoms with Crippen molar-refractivity contribution >= 4 is 5.91 Å². The summed E-state index contributed by atoms with van der Waals surface area (Å²) in [7, 11) is 0. The van der Waals surface area contributed by atoms with Crippen molar-refractivity contribution in [3.8, 4) is 0 Å². The van der Waals surface area contributed by atoms with Gasteiger partial charge in [-0.15, -0.1) is 0 Å². The van der Waals surface area contributed by atoms with Gasteiger partial charge in [0.2, 0.25) is 5.91 Å². The lowest BCUT2D eigenvalue weighted by molar-refractivity contribution is -0.151. The third-order valence-electron chi connectivity index (χ3n) is 4.79. The maximum Gasteiger partial charge on any atom is 0.223 e. The number of nitrogens with zero attached hydrogens (tertiary/aromatic N) is 1. The fraction of sp³-hybridized carbons (Fsp3) is 0.812. The van der Waals surface area contributed by atoms with Crippen molar-refractivity contribution in [2.45, 2.75) is 57.3 Å². The molecule has 1 aliphatic heterocycles. The Labute approximate surface area is 121 Å². The second-order valence-electron chi connectivity index (χ2n) is 6.03. The lowest BCUT2D eigenvalue weighted by Crippen LogP contribution is -2.54. The molecule has 0 radical (unpaired) electrons. The molecule has 0 aromatic rings. The summed E-state index contributed by atoms with van der Waals surface area (Å²) >= 11 is 0. The summed E-state index contributed by atoms with van der Waals surface area (Å²) in [4.78, 5) is 14.6. The Hall–Kier alpha value is -0.870. The second-order valence-corrected chi connectivity index (χ2v) is 6.03. The van der Waals surface area contributed by atoms with Crippen LogP contribution >= 0.6 is 0 Å². The molecular weight excluding hydrogens is 254 g/mol. The molecule has 2 fully saturated rings. The minimum Gasteiger partial charge on any atom is -0.376 e. The summed E-state index contributed by atoms with van der Waals surface area (Å²) in [5.41, 5.74) is 0. The highest BCUT2D eigenvalue weighted by atomic mass is 16.5. The molecule has 0 bridgehead atoms. The smallest absolute Gasteiger partial charge is 0.223 e. The van der Waals surface area contributed by atoms with E-state index in [1.807, 2.05) is 6.92 Å². The van der Waals surface area contributed by atoms with Crippen LogP contribution in [0.5, 0.6) is 0 Å². The van der Waals surface area contributed by atoms with Gasteiger partial charge in [0.25, 0.3) is 0 Å². The van der Waals surface area contributed by atoms with Crippen LogP contribution in [0.2, 0.25) is 0 Å². The first-order valence-electron chi connectivity index (χ1n) is 7.99. The summed E-state index contributed by atoms with van der Waals surface area (Å²) in [5.74, 6) is 0.755. The van der Waals surface area contributed by atoms with Gasteiger partial charge in [0.1, 0.15) is 6.10 Å². The molecule has 0 unspecified atom stereocenters. The molecule has 4 nitrogen and oxygen atoms in total. The highest BCUT2D eigenvalue weighted by Gasteiger charge is 2.44. The monoisotopic (exact) mass is 279 g/mol. The standard InChI is InChI=1S/C16H25NO3/c1-2-19-14-8-7-13-16(14)20-10-9-17(13)15(18)11-12-5-3-4-6-12/h3,5,12-14,16H,2,4,6-11H2,1H3/t12-,13-,14-,16-/m0/s1. The number of morpholine rings is 1. The molecular formula is C16H25NO3. The van der Waals surface area contributed by atoms with Crippen LogP contribution in [0.4, 0.5) is 0 Å². The average Bonchev–Trinajstić information content (AvgIpc) is 3.09. The van der Waals surface area contributed by atoms with Crippen molar-refractivity contribution in [1.29, 1.82) is 0 Å². The first-order valence-corrected chi connectivity index (χ1v) is 7.99. The molecule has 112 valence electrons. The van der Waals surface area contributed by atoms with Gasteiger partial charge in [0, 0.05) is 19.6 Å². The van der Waals surface area contributed by atoms with Gasteiger partial charge in [-0.3, -0.25) is 4.79 Å². The van der Waals surface area contributed by atoms with Gasteiger partial charge in [0.15, 0.2) is 0 Å². The Morgan fingerprint density at radius 3 is 3.05 bits per heavy atom. The molecule has 4 atom stereocenters. The quantitative estimate of drug-likeness (QED) is 0.740. The van der Waals surface area contributed by atoms with Gasteiger partial charge in [-0.25, -0.2) is 0 Å². The lowest BCUT2D eigenvalue weighted by Gasteiger charge is -2.39. The molecule has 1 heterocycles. The van der Waals surface area contributed by atoms with Crippen LogP contribution in [-0.4, -0.2) is 48.8 Å². The SMILES string of the molecule is CCO[C@H]1CC[C@H]2[C@@H]1OCCN2C(=O)C[C@H]1C=CCC1. The van der Waals surface area contributed by atoms with Crippen molar-refractivity contribution in [1.82, 2.24) is 4.90 Å². The summed E-state index contributed by atoms with van der Waals surface area (Å²) in [5, 5.41) is 0. The summed E-state index contributed by atoms with van der Waals surface area (Å²) in [6, 6.07) is 0.234. The molecule has 0 N–H and O–H groups in total. The largest absolute Gasteiger partial charge is 0.376 e. The molecule has 2 aliphatic carbocycles. The third-order valence-corrected chi connectivity index (χ3v) is 4.79. The van der Waals surface area contributed by atoms with Crippen LogP contribution in [0, 0.1) is 5.92 Å². The Morgan fingerprint density at radius 1 is 1.40 bits per heavy atom. The van der Waals surface area contributed by atoms with E-state index >= 15 is 0 Å². The molecule has 1 amide bonds. The molecule has 3 aliphatic rings. The molecule has 4 heteroatoms. The van der Waals surface area contributed by atoms with E-state index in [1.54, 1.807) is 0 Å². The van der Waals surface area contributed by atoms with E-state index in [1.165, 1.54) is 0 Å². The van der Waals surface area contributed by atoms with Crippen molar-refractivity contribution in [3.05, 3.63) is 12.2 Å². The van der Waals surface area contributed by atoms with Crippen LogP contribution < -0.4 is 0 Å². The number of fused-ring (bicyclic) bond motifs is 1. The first-order chi connectivity index (χ1) is 9.79. The molecule has 0 aromatic heterocycles. The highest BCUT2D eigenvalue weighted by Crippen LogP contribution is 2.33. The van der Waals surface area contributed by atoms with Crippen LogP contribution in [0.15, 0.2) is 12.2 Å². The number of rotatable bonds is 4. The maximum absolute atomic E-state index is 12.6. The van der Waals surface area contributed by atoms with Crippen LogP contribution in [-0.2, 0) is 14.3 Å². The molecule has 3 rings (SSSR count).